The fourth-order valence-corrected chi connectivity index (χ4v) is 2.55. The summed E-state index contributed by atoms with van der Waals surface area (Å²) in [6, 6.07) is 12.7. The molecule has 3 nitrogen and oxygen atoms in total. The Hall–Kier alpha value is -2.03. The van der Waals surface area contributed by atoms with Crippen LogP contribution in [0.1, 0.15) is 18.4 Å². The maximum absolute atomic E-state index is 4.04. The highest BCUT2D eigenvalue weighted by atomic mass is 15.2. The van der Waals surface area contributed by atoms with E-state index in [9.17, 15) is 0 Å². The second kappa shape index (κ2) is 5.74. The number of anilines is 2. The normalized spacial score (nSPS) is 14.6. The summed E-state index contributed by atoms with van der Waals surface area (Å²) in [5.41, 5.74) is 3.81. The van der Waals surface area contributed by atoms with Gasteiger partial charge in [0.15, 0.2) is 0 Å². The Morgan fingerprint density at radius 2 is 1.74 bits per heavy atom. The second-order valence-corrected chi connectivity index (χ2v) is 4.92. The van der Waals surface area contributed by atoms with Crippen molar-refractivity contribution in [3.8, 4) is 0 Å². The average Bonchev–Trinajstić information content (AvgIpc) is 3.01. The number of benzene rings is 1. The van der Waals surface area contributed by atoms with Gasteiger partial charge in [-0.25, -0.2) is 0 Å². The molecule has 0 spiro atoms. The van der Waals surface area contributed by atoms with Gasteiger partial charge in [0.2, 0.25) is 0 Å². The van der Waals surface area contributed by atoms with Crippen molar-refractivity contribution < 1.29 is 0 Å². The molecule has 0 saturated carbocycles. The maximum Gasteiger partial charge on any atom is 0.0602 e. The summed E-state index contributed by atoms with van der Waals surface area (Å²) in [5.74, 6) is 0. The summed E-state index contributed by atoms with van der Waals surface area (Å²) < 4.78 is 0. The monoisotopic (exact) mass is 253 g/mol. The van der Waals surface area contributed by atoms with E-state index in [4.69, 9.17) is 0 Å². The third-order valence-electron chi connectivity index (χ3n) is 3.58. The van der Waals surface area contributed by atoms with Crippen LogP contribution in [0.4, 0.5) is 11.4 Å². The van der Waals surface area contributed by atoms with Crippen molar-refractivity contribution >= 4 is 11.4 Å². The lowest BCUT2D eigenvalue weighted by atomic mass is 10.2. The van der Waals surface area contributed by atoms with Gasteiger partial charge in [0.25, 0.3) is 0 Å². The predicted molar refractivity (Wildman–Crippen MR) is 79.5 cm³/mol. The summed E-state index contributed by atoms with van der Waals surface area (Å²) in [5, 5.41) is 3.54. The van der Waals surface area contributed by atoms with Crippen molar-refractivity contribution in [3.63, 3.8) is 0 Å². The molecule has 0 amide bonds. The molecule has 0 atom stereocenters. The fourth-order valence-electron chi connectivity index (χ4n) is 2.55. The molecule has 3 heteroatoms. The van der Waals surface area contributed by atoms with Crippen LogP contribution in [0.25, 0.3) is 0 Å². The number of para-hydroxylation sites is 2. The first-order valence-corrected chi connectivity index (χ1v) is 6.90. The topological polar surface area (TPSA) is 28.2 Å². The van der Waals surface area contributed by atoms with E-state index < -0.39 is 0 Å². The maximum atomic E-state index is 4.04. The minimum atomic E-state index is 0.841. The molecule has 1 aliphatic heterocycles. The summed E-state index contributed by atoms with van der Waals surface area (Å²) in [7, 11) is 0. The van der Waals surface area contributed by atoms with Gasteiger partial charge in [-0.3, -0.25) is 4.98 Å². The molecule has 1 aromatic heterocycles. The van der Waals surface area contributed by atoms with Crippen LogP contribution in [0.5, 0.6) is 0 Å². The fraction of sp³-hybridized carbons (Fsp3) is 0.312. The highest BCUT2D eigenvalue weighted by molar-refractivity contribution is 5.70. The molecule has 2 aromatic rings. The molecule has 1 aromatic carbocycles. The Labute approximate surface area is 114 Å². The Balaban J connectivity index is 1.73. The minimum absolute atomic E-state index is 0.841. The third-order valence-corrected chi connectivity index (χ3v) is 3.58. The Bertz CT molecular complexity index is 519. The largest absolute Gasteiger partial charge is 0.379 e. The average molecular weight is 253 g/mol. The molecule has 0 bridgehead atoms. The highest BCUT2D eigenvalue weighted by Crippen LogP contribution is 2.28. The molecule has 3 rings (SSSR count). The third kappa shape index (κ3) is 2.87. The van der Waals surface area contributed by atoms with Crippen molar-refractivity contribution in [2.45, 2.75) is 19.4 Å². The van der Waals surface area contributed by atoms with Crippen LogP contribution in [0, 0.1) is 0 Å². The second-order valence-electron chi connectivity index (χ2n) is 4.92. The summed E-state index contributed by atoms with van der Waals surface area (Å²) in [6.45, 7) is 3.19. The van der Waals surface area contributed by atoms with E-state index in [0.717, 1.165) is 6.54 Å². The SMILES string of the molecule is c1ccc(N2CCCC2)c(NCc2ccncc2)c1. The van der Waals surface area contributed by atoms with Crippen molar-refractivity contribution in [1.29, 1.82) is 0 Å². The number of nitrogens with zero attached hydrogens (tertiary/aromatic N) is 2. The van der Waals surface area contributed by atoms with Crippen LogP contribution in [-0.2, 0) is 6.54 Å². The molecule has 19 heavy (non-hydrogen) atoms. The summed E-state index contributed by atoms with van der Waals surface area (Å²) in [6.07, 6.45) is 6.28. The molecule has 2 heterocycles. The van der Waals surface area contributed by atoms with Crippen molar-refractivity contribution in [2.24, 2.45) is 0 Å². The molecule has 98 valence electrons. The van der Waals surface area contributed by atoms with Crippen LogP contribution in [-0.4, -0.2) is 18.1 Å². The first-order chi connectivity index (χ1) is 9.43. The number of pyridine rings is 1. The first kappa shape index (κ1) is 12.0. The molecule has 0 radical (unpaired) electrons. The Morgan fingerprint density at radius 1 is 1.00 bits per heavy atom. The lowest BCUT2D eigenvalue weighted by molar-refractivity contribution is 0.949. The van der Waals surface area contributed by atoms with Crippen LogP contribution >= 0.6 is 0 Å². The summed E-state index contributed by atoms with van der Waals surface area (Å²) in [4.78, 5) is 6.51. The number of hydrogen-bond donors (Lipinski definition) is 1. The lowest BCUT2D eigenvalue weighted by Gasteiger charge is -2.22. The van der Waals surface area contributed by atoms with Crippen LogP contribution in [0.15, 0.2) is 48.8 Å². The van der Waals surface area contributed by atoms with Gasteiger partial charge in [-0.15, -0.1) is 0 Å². The standard InChI is InChI=1S/C16H19N3/c1-2-6-16(19-11-3-4-12-19)15(5-1)18-13-14-7-9-17-10-8-14/h1-2,5-10,18H,3-4,11-13H2. The molecule has 0 unspecified atom stereocenters. The lowest BCUT2D eigenvalue weighted by Crippen LogP contribution is -2.19. The molecule has 0 aliphatic carbocycles. The van der Waals surface area contributed by atoms with Gasteiger partial charge in [0.05, 0.1) is 11.4 Å². The molecule has 1 aliphatic rings. The van der Waals surface area contributed by atoms with E-state index in [1.807, 2.05) is 24.5 Å². The Morgan fingerprint density at radius 3 is 2.53 bits per heavy atom. The molecule has 1 saturated heterocycles. The molecular weight excluding hydrogens is 234 g/mol. The van der Waals surface area contributed by atoms with Crippen molar-refractivity contribution in [3.05, 3.63) is 54.4 Å². The van der Waals surface area contributed by atoms with Crippen molar-refractivity contribution in [2.75, 3.05) is 23.3 Å². The molecule has 1 fully saturated rings. The minimum Gasteiger partial charge on any atom is -0.379 e. The molecule has 1 N–H and O–H groups in total. The van der Waals surface area contributed by atoms with Gasteiger partial charge < -0.3 is 10.2 Å². The van der Waals surface area contributed by atoms with Gasteiger partial charge in [-0.1, -0.05) is 12.1 Å². The number of aromatic nitrogens is 1. The number of nitrogens with one attached hydrogen (secondary N) is 1. The molecular formula is C16H19N3. The van der Waals surface area contributed by atoms with Gasteiger partial charge in [-0.05, 0) is 42.7 Å². The van der Waals surface area contributed by atoms with E-state index in [-0.39, 0.29) is 0 Å². The van der Waals surface area contributed by atoms with E-state index in [2.05, 4.69) is 39.5 Å². The van der Waals surface area contributed by atoms with E-state index in [1.54, 1.807) is 0 Å². The number of rotatable bonds is 4. The smallest absolute Gasteiger partial charge is 0.0602 e. The first-order valence-electron chi connectivity index (χ1n) is 6.90. The van der Waals surface area contributed by atoms with Gasteiger partial charge in [0.1, 0.15) is 0 Å². The van der Waals surface area contributed by atoms with Crippen molar-refractivity contribution in [1.82, 2.24) is 4.98 Å². The quantitative estimate of drug-likeness (QED) is 0.906. The van der Waals surface area contributed by atoms with E-state index in [0.29, 0.717) is 0 Å². The van der Waals surface area contributed by atoms with Gasteiger partial charge in [0, 0.05) is 32.0 Å². The number of hydrogen-bond acceptors (Lipinski definition) is 3. The highest BCUT2D eigenvalue weighted by Gasteiger charge is 2.14. The van der Waals surface area contributed by atoms with E-state index >= 15 is 0 Å². The van der Waals surface area contributed by atoms with Gasteiger partial charge in [-0.2, -0.15) is 0 Å². The Kier molecular flexibility index (Phi) is 3.63. The zero-order valence-corrected chi connectivity index (χ0v) is 11.0. The zero-order valence-electron chi connectivity index (χ0n) is 11.0. The van der Waals surface area contributed by atoms with Crippen LogP contribution < -0.4 is 10.2 Å². The van der Waals surface area contributed by atoms with Crippen LogP contribution in [0.2, 0.25) is 0 Å². The zero-order chi connectivity index (χ0) is 12.9. The van der Waals surface area contributed by atoms with Crippen LogP contribution in [0.3, 0.4) is 0 Å². The predicted octanol–water partition coefficient (Wildman–Crippen LogP) is 3.29. The van der Waals surface area contributed by atoms with E-state index in [1.165, 1.54) is 42.9 Å². The summed E-state index contributed by atoms with van der Waals surface area (Å²) >= 11 is 0. The van der Waals surface area contributed by atoms with Gasteiger partial charge >= 0.3 is 0 Å².